The first-order valence-corrected chi connectivity index (χ1v) is 19.5. The molecule has 0 saturated heterocycles. The first-order valence-electron chi connectivity index (χ1n) is 19.1. The Kier molecular flexibility index (Phi) is 15.2. The lowest BCUT2D eigenvalue weighted by atomic mass is 10.1. The molecule has 3 N–H and O–H groups in total. The number of aryl methyl sites for hydroxylation is 4. The molecule has 0 aliphatic heterocycles. The van der Waals surface area contributed by atoms with E-state index in [1.54, 1.807) is 74.1 Å². The number of aromatic nitrogens is 10. The van der Waals surface area contributed by atoms with Crippen molar-refractivity contribution in [2.75, 3.05) is 0 Å². The monoisotopic (exact) mass is 844 g/mol. The lowest BCUT2D eigenvalue weighted by Crippen LogP contribution is -2.23. The standard InChI is InChI=1S/C23H20N6O.C13H14ClN3.C10H7N3O2/c1-15-9-17(11-28-22(15)18-5-6-25-16(2)10-18)12-29-23(30)20-4-3-19(13-27-20)21-14-24-7-8-26-21;1-9-5-11(8-17-14)7-16-13(9)12-3-4-15-10(2)6-12;14-10(15)8-2-1-7(5-13-8)9-6-11-3-4-12-9/h3-11,13-14H,12H2,1-2H3,(H,29,30);3-7,17H,8H2,1-2H3;1-6H,(H,14,15). The lowest BCUT2D eigenvalue weighted by molar-refractivity contribution is 0.0690. The first-order chi connectivity index (χ1) is 30.1. The van der Waals surface area contributed by atoms with Gasteiger partial charge in [0, 0.05) is 109 Å². The molecule has 8 rings (SSSR count). The molecule has 0 fully saturated rings. The number of rotatable bonds is 10. The van der Waals surface area contributed by atoms with Gasteiger partial charge in [0.15, 0.2) is 0 Å². The number of nitrogens with zero attached hydrogens (tertiary/aromatic N) is 10. The number of amides is 1. The summed E-state index contributed by atoms with van der Waals surface area (Å²) in [5, 5.41) is 11.5. The van der Waals surface area contributed by atoms with Crippen molar-refractivity contribution in [3.05, 3.63) is 180 Å². The van der Waals surface area contributed by atoms with Crippen LogP contribution < -0.4 is 10.2 Å². The number of hydrogen-bond acceptors (Lipinski definition) is 13. The topological polar surface area (TPSA) is 207 Å². The highest BCUT2D eigenvalue weighted by Gasteiger charge is 2.11. The van der Waals surface area contributed by atoms with Gasteiger partial charge in [-0.05, 0) is 110 Å². The number of carbonyl (C=O) groups is 2. The van der Waals surface area contributed by atoms with Crippen molar-refractivity contribution in [3.63, 3.8) is 0 Å². The summed E-state index contributed by atoms with van der Waals surface area (Å²) in [4.78, 5) is 67.4. The Balaban J connectivity index is 0.000000170. The van der Waals surface area contributed by atoms with Gasteiger partial charge in [-0.2, -0.15) is 0 Å². The Hall–Kier alpha value is -7.75. The van der Waals surface area contributed by atoms with Crippen molar-refractivity contribution in [2.24, 2.45) is 0 Å². The van der Waals surface area contributed by atoms with E-state index in [9.17, 15) is 9.59 Å². The normalized spacial score (nSPS) is 10.4. The molecule has 0 aliphatic rings. The van der Waals surface area contributed by atoms with Gasteiger partial charge in [-0.1, -0.05) is 12.1 Å². The highest BCUT2D eigenvalue weighted by atomic mass is 35.5. The summed E-state index contributed by atoms with van der Waals surface area (Å²) in [5.74, 6) is -1.28. The number of nitrogens with one attached hydrogen (secondary N) is 2. The van der Waals surface area contributed by atoms with E-state index in [4.69, 9.17) is 16.9 Å². The van der Waals surface area contributed by atoms with Gasteiger partial charge < -0.3 is 10.4 Å². The minimum atomic E-state index is -1.04. The molecule has 1 amide bonds. The van der Waals surface area contributed by atoms with E-state index < -0.39 is 5.97 Å². The Labute approximate surface area is 363 Å². The van der Waals surface area contributed by atoms with Crippen LogP contribution in [0.2, 0.25) is 0 Å². The third-order valence-electron chi connectivity index (χ3n) is 9.03. The summed E-state index contributed by atoms with van der Waals surface area (Å²) in [7, 11) is 0. The van der Waals surface area contributed by atoms with Crippen LogP contribution in [0.1, 0.15) is 54.6 Å². The SMILES string of the molecule is Cc1cc(-c2ncc(CNC(=O)c3ccc(-c4cnccn4)cn3)cc2C)ccn1.Cc1cc(-c2ncc(CNCl)cc2C)ccn1.O=C(O)c1ccc(-c2cnccn2)cn1. The van der Waals surface area contributed by atoms with Gasteiger partial charge in [0.05, 0.1) is 35.2 Å². The first kappa shape index (κ1) is 43.8. The van der Waals surface area contributed by atoms with Crippen LogP contribution in [0.25, 0.3) is 45.0 Å². The highest BCUT2D eigenvalue weighted by Crippen LogP contribution is 2.23. The van der Waals surface area contributed by atoms with Crippen LogP contribution in [0.4, 0.5) is 0 Å². The average molecular weight is 845 g/mol. The number of pyridine rings is 6. The fourth-order valence-electron chi connectivity index (χ4n) is 6.05. The van der Waals surface area contributed by atoms with Crippen molar-refractivity contribution in [1.29, 1.82) is 0 Å². The zero-order valence-electron chi connectivity index (χ0n) is 34.2. The van der Waals surface area contributed by atoms with E-state index in [2.05, 4.69) is 73.0 Å². The summed E-state index contributed by atoms with van der Waals surface area (Å²) in [6.45, 7) is 8.98. The smallest absolute Gasteiger partial charge is 0.354 e. The Bertz CT molecular complexity index is 2740. The largest absolute Gasteiger partial charge is 0.477 e. The quantitative estimate of drug-likeness (QED) is 0.112. The van der Waals surface area contributed by atoms with Gasteiger partial charge >= 0.3 is 5.97 Å². The van der Waals surface area contributed by atoms with Crippen LogP contribution in [0.15, 0.2) is 135 Å². The highest BCUT2D eigenvalue weighted by molar-refractivity contribution is 6.13. The fraction of sp³-hybridized carbons (Fsp3) is 0.130. The number of carboxylic acids is 1. The molecule has 16 heteroatoms. The fourth-order valence-corrected chi connectivity index (χ4v) is 6.20. The maximum absolute atomic E-state index is 12.4. The van der Waals surface area contributed by atoms with Gasteiger partial charge in [-0.25, -0.2) is 14.6 Å². The van der Waals surface area contributed by atoms with Crippen LogP contribution in [0, 0.1) is 27.7 Å². The van der Waals surface area contributed by atoms with E-state index in [0.717, 1.165) is 67.3 Å². The molecule has 8 aromatic heterocycles. The van der Waals surface area contributed by atoms with Crippen molar-refractivity contribution in [3.8, 4) is 45.0 Å². The molecule has 0 saturated carbocycles. The summed E-state index contributed by atoms with van der Waals surface area (Å²) in [6.07, 6.45) is 19.9. The zero-order chi connectivity index (χ0) is 43.8. The van der Waals surface area contributed by atoms with Gasteiger partial charge in [-0.15, -0.1) is 0 Å². The molecule has 0 atom stereocenters. The molecule has 0 spiro atoms. The van der Waals surface area contributed by atoms with Crippen molar-refractivity contribution < 1.29 is 14.7 Å². The van der Waals surface area contributed by atoms with Gasteiger partial charge in [0.1, 0.15) is 11.4 Å². The van der Waals surface area contributed by atoms with E-state index in [-0.39, 0.29) is 11.6 Å². The van der Waals surface area contributed by atoms with Crippen LogP contribution in [0.5, 0.6) is 0 Å². The van der Waals surface area contributed by atoms with Crippen LogP contribution >= 0.6 is 11.8 Å². The molecule has 0 aromatic carbocycles. The van der Waals surface area contributed by atoms with Gasteiger partial charge in [-0.3, -0.25) is 49.7 Å². The Morgan fingerprint density at radius 1 is 0.516 bits per heavy atom. The third-order valence-corrected chi connectivity index (χ3v) is 9.16. The molecule has 62 heavy (non-hydrogen) atoms. The molecule has 0 bridgehead atoms. The molecule has 310 valence electrons. The number of carbonyl (C=O) groups excluding carboxylic acids is 1. The molecular weight excluding hydrogens is 804 g/mol. The van der Waals surface area contributed by atoms with Crippen molar-refractivity contribution in [2.45, 2.75) is 40.8 Å². The van der Waals surface area contributed by atoms with E-state index in [0.29, 0.717) is 30.2 Å². The minimum Gasteiger partial charge on any atom is -0.477 e. The summed E-state index contributed by atoms with van der Waals surface area (Å²) >= 11 is 5.48. The molecule has 0 radical (unpaired) electrons. The predicted molar refractivity (Wildman–Crippen MR) is 235 cm³/mol. The summed E-state index contributed by atoms with van der Waals surface area (Å²) < 4.78 is 0. The van der Waals surface area contributed by atoms with E-state index in [1.807, 2.05) is 63.4 Å². The second kappa shape index (κ2) is 21.5. The van der Waals surface area contributed by atoms with Crippen molar-refractivity contribution >= 4 is 23.7 Å². The number of aromatic carboxylic acids is 1. The number of carboxylic acid groups (broad SMARTS) is 1. The van der Waals surface area contributed by atoms with E-state index >= 15 is 0 Å². The Morgan fingerprint density at radius 2 is 1.02 bits per heavy atom. The summed E-state index contributed by atoms with van der Waals surface area (Å²) in [5.41, 5.74) is 13.4. The third kappa shape index (κ3) is 12.2. The summed E-state index contributed by atoms with van der Waals surface area (Å²) in [6, 6.07) is 18.7. The van der Waals surface area contributed by atoms with Gasteiger partial charge in [0.25, 0.3) is 5.91 Å². The van der Waals surface area contributed by atoms with Crippen LogP contribution in [0.3, 0.4) is 0 Å². The van der Waals surface area contributed by atoms with Crippen LogP contribution in [-0.2, 0) is 13.1 Å². The number of halogens is 1. The van der Waals surface area contributed by atoms with Crippen molar-refractivity contribution in [1.82, 2.24) is 60.0 Å². The zero-order valence-corrected chi connectivity index (χ0v) is 35.0. The average Bonchev–Trinajstić information content (AvgIpc) is 3.29. The minimum absolute atomic E-state index is 0.0163. The molecule has 8 aromatic rings. The maximum Gasteiger partial charge on any atom is 0.354 e. The molecular formula is C46H41ClN12O3. The predicted octanol–water partition coefficient (Wildman–Crippen LogP) is 7.78. The van der Waals surface area contributed by atoms with E-state index in [1.165, 1.54) is 12.3 Å². The second-order valence-corrected chi connectivity index (χ2v) is 14.0. The number of hydrogen-bond donors (Lipinski definition) is 3. The maximum atomic E-state index is 12.4. The lowest BCUT2D eigenvalue weighted by Gasteiger charge is -2.09. The molecule has 15 nitrogen and oxygen atoms in total. The molecule has 8 heterocycles. The van der Waals surface area contributed by atoms with Crippen LogP contribution in [-0.4, -0.2) is 66.8 Å². The molecule has 0 unspecified atom stereocenters. The Morgan fingerprint density at radius 3 is 1.42 bits per heavy atom. The molecule has 0 aliphatic carbocycles. The second-order valence-electron chi connectivity index (χ2n) is 13.7. The van der Waals surface area contributed by atoms with Gasteiger partial charge in [0.2, 0.25) is 0 Å².